The van der Waals surface area contributed by atoms with Crippen molar-refractivity contribution in [3.63, 3.8) is 0 Å². The molecule has 0 bridgehead atoms. The molecule has 4 rings (SSSR count). The fraction of sp³-hybridized carbons (Fsp3) is 0.0500. The van der Waals surface area contributed by atoms with Gasteiger partial charge in [0, 0.05) is 29.9 Å². The van der Waals surface area contributed by atoms with Gasteiger partial charge in [-0.15, -0.1) is 0 Å². The Balaban J connectivity index is 1.66. The Bertz CT molecular complexity index is 1100. The smallest absolute Gasteiger partial charge is 0.220 e. The quantitative estimate of drug-likeness (QED) is 0.524. The number of aromatic amines is 1. The van der Waals surface area contributed by atoms with E-state index in [9.17, 15) is 0 Å². The molecular formula is C20H18N6. The topological polar surface area (TPSA) is 92.5 Å². The average Bonchev–Trinajstić information content (AvgIpc) is 3.09. The molecule has 0 spiro atoms. The standard InChI is InChI=1S/C20H18N6/c1-22-15-4-2-3-13(11-15)5-8-18-16-7-6-14(12-19(16)26-25-18)17-9-10-23-20(21)24-17/h2-12,22H,1H3,(H,25,26)(H2,21,23,24)/b8-5+. The number of anilines is 2. The number of H-pyrrole nitrogens is 1. The number of hydrogen-bond donors (Lipinski definition) is 3. The first-order valence-electron chi connectivity index (χ1n) is 8.26. The molecule has 0 unspecified atom stereocenters. The predicted molar refractivity (Wildman–Crippen MR) is 106 cm³/mol. The van der Waals surface area contributed by atoms with Gasteiger partial charge in [-0.25, -0.2) is 9.97 Å². The number of aromatic nitrogens is 4. The van der Waals surface area contributed by atoms with Crippen LogP contribution < -0.4 is 11.1 Å². The average molecular weight is 342 g/mol. The highest BCUT2D eigenvalue weighted by Crippen LogP contribution is 2.25. The number of nitrogens with zero attached hydrogens (tertiary/aromatic N) is 3. The number of nitrogens with one attached hydrogen (secondary N) is 2. The summed E-state index contributed by atoms with van der Waals surface area (Å²) in [6, 6.07) is 16.1. The third kappa shape index (κ3) is 3.12. The lowest BCUT2D eigenvalue weighted by molar-refractivity contribution is 1.11. The zero-order valence-corrected chi connectivity index (χ0v) is 14.3. The normalized spacial score (nSPS) is 11.3. The monoisotopic (exact) mass is 342 g/mol. The maximum Gasteiger partial charge on any atom is 0.220 e. The Hall–Kier alpha value is -3.67. The van der Waals surface area contributed by atoms with Gasteiger partial charge in [-0.2, -0.15) is 5.10 Å². The molecule has 128 valence electrons. The van der Waals surface area contributed by atoms with E-state index >= 15 is 0 Å². The Morgan fingerprint density at radius 2 is 2.00 bits per heavy atom. The number of benzene rings is 2. The Kier molecular flexibility index (Phi) is 4.07. The van der Waals surface area contributed by atoms with Crippen molar-refractivity contribution in [2.24, 2.45) is 0 Å². The third-order valence-electron chi connectivity index (χ3n) is 4.17. The summed E-state index contributed by atoms with van der Waals surface area (Å²) in [7, 11) is 1.91. The summed E-state index contributed by atoms with van der Waals surface area (Å²) in [5.74, 6) is 0.264. The van der Waals surface area contributed by atoms with Gasteiger partial charge in [-0.05, 0) is 42.0 Å². The molecule has 6 nitrogen and oxygen atoms in total. The molecular weight excluding hydrogens is 324 g/mol. The van der Waals surface area contributed by atoms with Crippen molar-refractivity contribution in [1.82, 2.24) is 20.2 Å². The lowest BCUT2D eigenvalue weighted by Gasteiger charge is -2.01. The zero-order valence-electron chi connectivity index (χ0n) is 14.3. The summed E-state index contributed by atoms with van der Waals surface area (Å²) in [6.07, 6.45) is 5.72. The first-order valence-corrected chi connectivity index (χ1v) is 8.26. The largest absolute Gasteiger partial charge is 0.388 e. The van der Waals surface area contributed by atoms with Gasteiger partial charge in [0.1, 0.15) is 0 Å². The highest BCUT2D eigenvalue weighted by Gasteiger charge is 2.06. The molecule has 2 heterocycles. The van der Waals surface area contributed by atoms with E-state index in [0.717, 1.165) is 39.1 Å². The SMILES string of the molecule is CNc1cccc(/C=C/c2n[nH]c3cc(-c4ccnc(N)n4)ccc23)c1. The summed E-state index contributed by atoms with van der Waals surface area (Å²) in [5.41, 5.74) is 11.5. The molecule has 6 heteroatoms. The third-order valence-corrected chi connectivity index (χ3v) is 4.17. The molecule has 0 aliphatic heterocycles. The van der Waals surface area contributed by atoms with Crippen LogP contribution >= 0.6 is 0 Å². The molecule has 0 aliphatic rings. The number of fused-ring (bicyclic) bond motifs is 1. The van der Waals surface area contributed by atoms with Crippen molar-refractivity contribution in [3.8, 4) is 11.3 Å². The van der Waals surface area contributed by atoms with Gasteiger partial charge in [-0.1, -0.05) is 24.3 Å². The van der Waals surface area contributed by atoms with Crippen molar-refractivity contribution in [1.29, 1.82) is 0 Å². The van der Waals surface area contributed by atoms with Gasteiger partial charge in [0.05, 0.1) is 16.9 Å². The first-order chi connectivity index (χ1) is 12.7. The second-order valence-electron chi connectivity index (χ2n) is 5.88. The number of nitrogens with two attached hydrogens (primary N) is 1. The Morgan fingerprint density at radius 1 is 1.08 bits per heavy atom. The van der Waals surface area contributed by atoms with Crippen LogP contribution in [0.1, 0.15) is 11.3 Å². The summed E-state index contributed by atoms with van der Waals surface area (Å²) >= 11 is 0. The van der Waals surface area contributed by atoms with Crippen molar-refractivity contribution in [2.75, 3.05) is 18.1 Å². The van der Waals surface area contributed by atoms with Gasteiger partial charge >= 0.3 is 0 Å². The molecule has 0 aliphatic carbocycles. The molecule has 2 aromatic carbocycles. The van der Waals surface area contributed by atoms with E-state index in [4.69, 9.17) is 5.73 Å². The maximum absolute atomic E-state index is 5.67. The van der Waals surface area contributed by atoms with E-state index in [1.54, 1.807) is 6.20 Å². The van der Waals surface area contributed by atoms with E-state index in [-0.39, 0.29) is 5.95 Å². The van der Waals surface area contributed by atoms with Crippen LogP contribution in [0, 0.1) is 0 Å². The predicted octanol–water partition coefficient (Wildman–Crippen LogP) is 3.81. The van der Waals surface area contributed by atoms with Crippen LogP contribution in [0.25, 0.3) is 34.3 Å². The summed E-state index contributed by atoms with van der Waals surface area (Å²) in [5, 5.41) is 11.7. The first kappa shape index (κ1) is 15.8. The van der Waals surface area contributed by atoms with Crippen molar-refractivity contribution < 1.29 is 0 Å². The van der Waals surface area contributed by atoms with Gasteiger partial charge in [0.15, 0.2) is 0 Å². The molecule has 0 radical (unpaired) electrons. The van der Waals surface area contributed by atoms with Crippen LogP contribution in [0.15, 0.2) is 54.7 Å². The van der Waals surface area contributed by atoms with Crippen LogP contribution in [0.2, 0.25) is 0 Å². The fourth-order valence-electron chi connectivity index (χ4n) is 2.83. The van der Waals surface area contributed by atoms with Gasteiger partial charge in [0.2, 0.25) is 5.95 Å². The zero-order chi connectivity index (χ0) is 17.9. The molecule has 26 heavy (non-hydrogen) atoms. The lowest BCUT2D eigenvalue weighted by atomic mass is 10.1. The second kappa shape index (κ2) is 6.68. The molecule has 0 saturated carbocycles. The minimum atomic E-state index is 0.264. The van der Waals surface area contributed by atoms with Crippen molar-refractivity contribution >= 4 is 34.7 Å². The van der Waals surface area contributed by atoms with Crippen LogP contribution in [-0.4, -0.2) is 27.2 Å². The summed E-state index contributed by atoms with van der Waals surface area (Å²) in [6.45, 7) is 0. The van der Waals surface area contributed by atoms with Crippen LogP contribution in [0.4, 0.5) is 11.6 Å². The van der Waals surface area contributed by atoms with Gasteiger partial charge < -0.3 is 11.1 Å². The minimum Gasteiger partial charge on any atom is -0.388 e. The summed E-state index contributed by atoms with van der Waals surface area (Å²) < 4.78 is 0. The molecule has 4 N–H and O–H groups in total. The molecule has 0 amide bonds. The number of hydrogen-bond acceptors (Lipinski definition) is 5. The molecule has 0 fully saturated rings. The van der Waals surface area contributed by atoms with Crippen LogP contribution in [0.5, 0.6) is 0 Å². The van der Waals surface area contributed by atoms with Crippen molar-refractivity contribution in [2.45, 2.75) is 0 Å². The van der Waals surface area contributed by atoms with E-state index in [2.05, 4.69) is 43.7 Å². The van der Waals surface area contributed by atoms with E-state index in [1.807, 2.05) is 49.5 Å². The molecule has 0 saturated heterocycles. The Morgan fingerprint density at radius 3 is 2.85 bits per heavy atom. The molecule has 4 aromatic rings. The highest BCUT2D eigenvalue weighted by atomic mass is 15.1. The second-order valence-corrected chi connectivity index (χ2v) is 5.88. The number of rotatable bonds is 4. The van der Waals surface area contributed by atoms with E-state index in [0.29, 0.717) is 0 Å². The van der Waals surface area contributed by atoms with Crippen LogP contribution in [-0.2, 0) is 0 Å². The summed E-state index contributed by atoms with van der Waals surface area (Å²) in [4.78, 5) is 8.19. The molecule has 2 aromatic heterocycles. The number of nitrogen functional groups attached to an aromatic ring is 1. The minimum absolute atomic E-state index is 0.264. The van der Waals surface area contributed by atoms with Gasteiger partial charge in [0.25, 0.3) is 0 Å². The van der Waals surface area contributed by atoms with Gasteiger partial charge in [-0.3, -0.25) is 5.10 Å². The van der Waals surface area contributed by atoms with Crippen LogP contribution in [0.3, 0.4) is 0 Å². The van der Waals surface area contributed by atoms with E-state index < -0.39 is 0 Å². The van der Waals surface area contributed by atoms with Crippen molar-refractivity contribution in [3.05, 3.63) is 66.0 Å². The highest BCUT2D eigenvalue weighted by molar-refractivity contribution is 5.91. The Labute approximate surface area is 150 Å². The lowest BCUT2D eigenvalue weighted by Crippen LogP contribution is -1.94. The molecule has 0 atom stereocenters. The maximum atomic E-state index is 5.67. The fourth-order valence-corrected chi connectivity index (χ4v) is 2.83. The van der Waals surface area contributed by atoms with E-state index in [1.165, 1.54) is 0 Å².